The van der Waals surface area contributed by atoms with Gasteiger partial charge in [-0.15, -0.1) is 5.73 Å². The fourth-order valence-electron chi connectivity index (χ4n) is 3.48. The van der Waals surface area contributed by atoms with E-state index in [1.807, 2.05) is 0 Å². The van der Waals surface area contributed by atoms with Crippen molar-refractivity contribution in [2.45, 2.75) is 51.2 Å². The molecule has 0 aliphatic heterocycles. The predicted octanol–water partition coefficient (Wildman–Crippen LogP) is 3.52. The van der Waals surface area contributed by atoms with Gasteiger partial charge in [0.05, 0.1) is 14.7 Å². The normalized spacial score (nSPS) is 15.7. The van der Waals surface area contributed by atoms with Crippen molar-refractivity contribution < 1.29 is 17.2 Å². The maximum atomic E-state index is 10.5. The molecule has 0 aromatic carbocycles. The Balaban J connectivity index is 2.59. The van der Waals surface area contributed by atoms with E-state index < -0.39 is 18.5 Å². The molecule has 0 atom stereocenters. The largest absolute Gasteiger partial charge is 0.397 e. The highest BCUT2D eigenvalue weighted by Crippen LogP contribution is 2.31. The lowest BCUT2D eigenvalue weighted by molar-refractivity contribution is 0.261. The Labute approximate surface area is 172 Å². The van der Waals surface area contributed by atoms with E-state index >= 15 is 0 Å². The quantitative estimate of drug-likeness (QED) is 0.209. The van der Waals surface area contributed by atoms with E-state index in [0.717, 1.165) is 38.8 Å². The highest BCUT2D eigenvalue weighted by atomic mass is 32.3. The van der Waals surface area contributed by atoms with E-state index in [4.69, 9.17) is 4.55 Å². The summed E-state index contributed by atoms with van der Waals surface area (Å²) in [6.07, 6.45) is 7.19. The fourth-order valence-corrected chi connectivity index (χ4v) is 6.52. The van der Waals surface area contributed by atoms with E-state index in [1.54, 1.807) is 5.20 Å². The molecule has 6 nitrogen and oxygen atoms in total. The van der Waals surface area contributed by atoms with Crippen LogP contribution in [0.1, 0.15) is 32.1 Å². The number of hydrogen-bond acceptors (Lipinski definition) is 5. The molecule has 0 unspecified atom stereocenters. The van der Waals surface area contributed by atoms with Crippen molar-refractivity contribution in [3.05, 3.63) is 28.1 Å². The van der Waals surface area contributed by atoms with E-state index in [9.17, 15) is 8.42 Å². The zero-order valence-corrected chi connectivity index (χ0v) is 20.2. The van der Waals surface area contributed by atoms with Gasteiger partial charge in [0.1, 0.15) is 0 Å². The number of unbranched alkanes of at least 4 members (excludes halogenated alkanes) is 3. The van der Waals surface area contributed by atoms with E-state index in [2.05, 4.69) is 67.1 Å². The van der Waals surface area contributed by atoms with Gasteiger partial charge in [-0.2, -0.15) is 8.42 Å². The van der Waals surface area contributed by atoms with Gasteiger partial charge >= 0.3 is 10.4 Å². The molecule has 162 valence electrons. The molecule has 8 heteroatoms. The van der Waals surface area contributed by atoms with E-state index in [1.165, 1.54) is 17.2 Å². The molecule has 0 amide bonds. The van der Waals surface area contributed by atoms with Crippen LogP contribution in [0.15, 0.2) is 28.1 Å². The summed E-state index contributed by atoms with van der Waals surface area (Å²) in [6, 6.07) is 1.22. The summed E-state index contributed by atoms with van der Waals surface area (Å²) < 4.78 is 34.0. The summed E-state index contributed by atoms with van der Waals surface area (Å²) in [5, 5.41) is 1.61. The first-order valence-corrected chi connectivity index (χ1v) is 14.6. The summed E-state index contributed by atoms with van der Waals surface area (Å²) in [5.74, 6) is 0. The highest BCUT2D eigenvalue weighted by molar-refractivity contribution is 7.80. The highest BCUT2D eigenvalue weighted by Gasteiger charge is 2.27. The van der Waals surface area contributed by atoms with Gasteiger partial charge in [-0.25, -0.2) is 4.18 Å². The number of hydrogen-bond donors (Lipinski definition) is 1. The molecular formula is C20H38N2O4SSi. The third-order valence-electron chi connectivity index (χ3n) is 4.88. The maximum absolute atomic E-state index is 10.5. The van der Waals surface area contributed by atoms with Crippen molar-refractivity contribution in [2.75, 3.05) is 47.9 Å². The van der Waals surface area contributed by atoms with Gasteiger partial charge in [0.2, 0.25) is 0 Å². The van der Waals surface area contributed by atoms with Gasteiger partial charge in [0.15, 0.2) is 0 Å². The summed E-state index contributed by atoms with van der Waals surface area (Å²) >= 11 is 0. The van der Waals surface area contributed by atoms with Gasteiger partial charge in [-0.3, -0.25) is 4.55 Å². The van der Waals surface area contributed by atoms with E-state index in [-0.39, 0.29) is 6.61 Å². The van der Waals surface area contributed by atoms with E-state index in [0.29, 0.717) is 6.42 Å². The third kappa shape index (κ3) is 10.7. The standard InChI is InChI=1S/C20H38N2O4SSi/c1-21(2)16-18-13-19(17-22(3)4)15-20(14-18)28(5,6)12-10-8-7-9-11-26-27(23,24)25/h14H,7-12,15-17H2,1-6H3,(H,23,24,25). The number of allylic oxidation sites excluding steroid dienone is 1. The Bertz CT molecular complexity index is 706. The fraction of sp³-hybridized carbons (Fsp3) is 0.750. The Morgan fingerprint density at radius 1 is 1.07 bits per heavy atom. The van der Waals surface area contributed by atoms with Crippen LogP contribution in [-0.4, -0.2) is 78.7 Å². The van der Waals surface area contributed by atoms with Crippen LogP contribution in [0.5, 0.6) is 0 Å². The molecule has 1 rings (SSSR count). The molecule has 0 aromatic rings. The molecule has 0 saturated heterocycles. The first kappa shape index (κ1) is 25.3. The minimum absolute atomic E-state index is 0.0577. The summed E-state index contributed by atoms with van der Waals surface area (Å²) in [5.41, 5.74) is 6.29. The molecule has 0 bridgehead atoms. The molecule has 1 aliphatic rings. The molecular weight excluding hydrogens is 392 g/mol. The van der Waals surface area contributed by atoms with Crippen LogP contribution in [0.2, 0.25) is 19.1 Å². The number of rotatable bonds is 13. The Hall–Kier alpha value is -0.733. The molecule has 0 fully saturated rings. The summed E-state index contributed by atoms with van der Waals surface area (Å²) in [6.45, 7) is 6.83. The third-order valence-corrected chi connectivity index (χ3v) is 9.01. The predicted molar refractivity (Wildman–Crippen MR) is 119 cm³/mol. The second-order valence-corrected chi connectivity index (χ2v) is 14.9. The van der Waals surface area contributed by atoms with Crippen LogP contribution < -0.4 is 0 Å². The summed E-state index contributed by atoms with van der Waals surface area (Å²) in [7, 11) is 2.58. The van der Waals surface area contributed by atoms with Gasteiger partial charge in [0.25, 0.3) is 0 Å². The van der Waals surface area contributed by atoms with Crippen LogP contribution in [0.3, 0.4) is 0 Å². The first-order chi connectivity index (χ1) is 12.9. The van der Waals surface area contributed by atoms with Gasteiger partial charge in [0, 0.05) is 18.7 Å². The molecule has 0 radical (unpaired) electrons. The zero-order chi connectivity index (χ0) is 21.4. The van der Waals surface area contributed by atoms with Crippen molar-refractivity contribution in [3.8, 4) is 0 Å². The topological polar surface area (TPSA) is 70.1 Å². The van der Waals surface area contributed by atoms with Crippen LogP contribution in [-0.2, 0) is 14.6 Å². The second kappa shape index (κ2) is 11.5. The average Bonchev–Trinajstić information content (AvgIpc) is 2.51. The molecule has 0 spiro atoms. The molecule has 0 saturated carbocycles. The minimum atomic E-state index is -4.30. The Morgan fingerprint density at radius 2 is 1.68 bits per heavy atom. The maximum Gasteiger partial charge on any atom is 0.397 e. The minimum Gasteiger partial charge on any atom is -0.305 e. The average molecular weight is 431 g/mol. The molecule has 1 aliphatic carbocycles. The Morgan fingerprint density at radius 3 is 2.25 bits per heavy atom. The lowest BCUT2D eigenvalue weighted by Crippen LogP contribution is -2.31. The molecule has 0 aromatic heterocycles. The lowest BCUT2D eigenvalue weighted by atomic mass is 10.0. The molecule has 1 N–H and O–H groups in total. The zero-order valence-electron chi connectivity index (χ0n) is 18.4. The second-order valence-electron chi connectivity index (χ2n) is 8.87. The molecule has 0 heterocycles. The summed E-state index contributed by atoms with van der Waals surface area (Å²) in [4.78, 5) is 4.40. The Kier molecular flexibility index (Phi) is 10.3. The first-order valence-electron chi connectivity index (χ1n) is 9.99. The number of likely N-dealkylation sites (N-methyl/N-ethyl adjacent to an activating group) is 2. The number of nitrogens with zero attached hydrogens (tertiary/aromatic N) is 2. The van der Waals surface area contributed by atoms with Crippen molar-refractivity contribution in [2.24, 2.45) is 0 Å². The van der Waals surface area contributed by atoms with Crippen LogP contribution in [0.4, 0.5) is 0 Å². The van der Waals surface area contributed by atoms with Crippen molar-refractivity contribution in [3.63, 3.8) is 0 Å². The molecule has 28 heavy (non-hydrogen) atoms. The smallest absolute Gasteiger partial charge is 0.305 e. The van der Waals surface area contributed by atoms with Crippen LogP contribution in [0, 0.1) is 0 Å². The van der Waals surface area contributed by atoms with Crippen LogP contribution in [0.25, 0.3) is 0 Å². The van der Waals surface area contributed by atoms with Crippen molar-refractivity contribution in [1.29, 1.82) is 0 Å². The lowest BCUT2D eigenvalue weighted by Gasteiger charge is -2.30. The monoisotopic (exact) mass is 430 g/mol. The SMILES string of the molecule is CN(C)CC1=C=C(CN(C)C)CC([Si](C)(C)CCCCCCOS(=O)(=O)O)=C1. The van der Waals surface area contributed by atoms with Crippen LogP contribution >= 0.6 is 0 Å². The van der Waals surface area contributed by atoms with Gasteiger partial charge < -0.3 is 9.80 Å². The van der Waals surface area contributed by atoms with Gasteiger partial charge in [-0.05, 0) is 46.6 Å². The van der Waals surface area contributed by atoms with Crippen molar-refractivity contribution in [1.82, 2.24) is 9.80 Å². The van der Waals surface area contributed by atoms with Crippen molar-refractivity contribution >= 4 is 18.5 Å². The van der Waals surface area contributed by atoms with Gasteiger partial charge in [-0.1, -0.05) is 49.7 Å².